The lowest BCUT2D eigenvalue weighted by Gasteiger charge is -2.19. The Morgan fingerprint density at radius 2 is 2.15 bits per heavy atom. The highest BCUT2D eigenvalue weighted by Gasteiger charge is 2.24. The van der Waals surface area contributed by atoms with E-state index < -0.39 is 0 Å². The Morgan fingerprint density at radius 3 is 3.00 bits per heavy atom. The van der Waals surface area contributed by atoms with E-state index in [0.29, 0.717) is 15.8 Å². The normalized spacial score (nSPS) is 19.4. The van der Waals surface area contributed by atoms with Gasteiger partial charge in [0.1, 0.15) is 16.9 Å². The molecule has 0 saturated carbocycles. The van der Waals surface area contributed by atoms with Crippen molar-refractivity contribution in [3.05, 3.63) is 50.1 Å². The maximum Gasteiger partial charge on any atom is 0.140 e. The Morgan fingerprint density at radius 1 is 1.30 bits per heavy atom. The van der Waals surface area contributed by atoms with Crippen molar-refractivity contribution in [1.29, 1.82) is 0 Å². The third-order valence-corrected chi connectivity index (χ3v) is 5.22. The van der Waals surface area contributed by atoms with Crippen LogP contribution >= 0.6 is 34.5 Å². The van der Waals surface area contributed by atoms with Crippen LogP contribution in [-0.2, 0) is 6.54 Å². The third kappa shape index (κ3) is 2.82. The zero-order valence-corrected chi connectivity index (χ0v) is 13.4. The quantitative estimate of drug-likeness (QED) is 0.768. The predicted molar refractivity (Wildman–Crippen MR) is 85.1 cm³/mol. The summed E-state index contributed by atoms with van der Waals surface area (Å²) in [6.45, 7) is 1.99. The van der Waals surface area contributed by atoms with Crippen molar-refractivity contribution in [2.24, 2.45) is 0 Å². The molecule has 0 amide bonds. The van der Waals surface area contributed by atoms with Gasteiger partial charge in [0.2, 0.25) is 0 Å². The molecule has 1 aliphatic heterocycles. The number of hydrogen-bond acceptors (Lipinski definition) is 3. The molecule has 2 aromatic rings. The first kappa shape index (κ1) is 14.2. The maximum absolute atomic E-state index is 6.22. The number of halogens is 2. The van der Waals surface area contributed by atoms with E-state index in [4.69, 9.17) is 27.9 Å². The molecule has 2 nitrogen and oxygen atoms in total. The zero-order chi connectivity index (χ0) is 14.1. The standard InChI is InChI=1S/C15H15Cl2NOS/c1-18-7-5-12(10-6-8-20-14(10)9-18)19-13-4-2-3-11(16)15(13)17/h2-4,6,8,12H,5,7,9H2,1H3. The summed E-state index contributed by atoms with van der Waals surface area (Å²) in [6, 6.07) is 7.66. The first-order valence-electron chi connectivity index (χ1n) is 6.50. The van der Waals surface area contributed by atoms with E-state index in [9.17, 15) is 0 Å². The van der Waals surface area contributed by atoms with Crippen molar-refractivity contribution < 1.29 is 4.74 Å². The van der Waals surface area contributed by atoms with Crippen LogP contribution in [-0.4, -0.2) is 18.5 Å². The molecule has 2 heterocycles. The monoisotopic (exact) mass is 327 g/mol. The van der Waals surface area contributed by atoms with Gasteiger partial charge in [-0.2, -0.15) is 0 Å². The summed E-state index contributed by atoms with van der Waals surface area (Å²) in [5.74, 6) is 0.658. The van der Waals surface area contributed by atoms with Crippen LogP contribution in [0.4, 0.5) is 0 Å². The number of rotatable bonds is 2. The van der Waals surface area contributed by atoms with E-state index in [0.717, 1.165) is 19.5 Å². The van der Waals surface area contributed by atoms with Crippen molar-refractivity contribution in [3.63, 3.8) is 0 Å². The van der Waals surface area contributed by atoms with E-state index in [1.165, 1.54) is 10.4 Å². The predicted octanol–water partition coefficient (Wildman–Crippen LogP) is 5.01. The fraction of sp³-hybridized carbons (Fsp3) is 0.333. The molecule has 0 fully saturated rings. The second-order valence-corrected chi connectivity index (χ2v) is 6.77. The summed E-state index contributed by atoms with van der Waals surface area (Å²) in [7, 11) is 2.14. The number of hydrogen-bond donors (Lipinski definition) is 0. The van der Waals surface area contributed by atoms with Gasteiger partial charge in [-0.15, -0.1) is 11.3 Å². The first-order chi connectivity index (χ1) is 9.65. The van der Waals surface area contributed by atoms with Gasteiger partial charge in [-0.05, 0) is 30.6 Å². The highest BCUT2D eigenvalue weighted by molar-refractivity contribution is 7.10. The SMILES string of the molecule is CN1CCC(Oc2cccc(Cl)c2Cl)c2ccsc2C1. The molecule has 0 saturated heterocycles. The average molecular weight is 328 g/mol. The zero-order valence-electron chi connectivity index (χ0n) is 11.1. The topological polar surface area (TPSA) is 12.5 Å². The van der Waals surface area contributed by atoms with Gasteiger partial charge < -0.3 is 9.64 Å². The fourth-order valence-corrected chi connectivity index (χ4v) is 3.78. The highest BCUT2D eigenvalue weighted by atomic mass is 35.5. The van der Waals surface area contributed by atoms with Crippen LogP contribution in [0.5, 0.6) is 5.75 Å². The smallest absolute Gasteiger partial charge is 0.140 e. The van der Waals surface area contributed by atoms with Gasteiger partial charge in [0.25, 0.3) is 0 Å². The van der Waals surface area contributed by atoms with Crippen LogP contribution in [0.2, 0.25) is 10.0 Å². The Kier molecular flexibility index (Phi) is 4.22. The summed E-state index contributed by atoms with van der Waals surface area (Å²) >= 11 is 14.0. The second kappa shape index (κ2) is 5.94. The van der Waals surface area contributed by atoms with E-state index in [1.807, 2.05) is 12.1 Å². The largest absolute Gasteiger partial charge is 0.484 e. The van der Waals surface area contributed by atoms with Gasteiger partial charge in [-0.3, -0.25) is 0 Å². The molecule has 20 heavy (non-hydrogen) atoms. The summed E-state index contributed by atoms with van der Waals surface area (Å²) in [4.78, 5) is 3.69. The molecular formula is C15H15Cl2NOS. The fourth-order valence-electron chi connectivity index (χ4n) is 2.43. The lowest BCUT2D eigenvalue weighted by Crippen LogP contribution is -2.18. The van der Waals surface area contributed by atoms with Crippen LogP contribution in [0.15, 0.2) is 29.6 Å². The number of benzene rings is 1. The van der Waals surface area contributed by atoms with E-state index in [1.54, 1.807) is 17.4 Å². The van der Waals surface area contributed by atoms with Crippen LogP contribution in [0.3, 0.4) is 0 Å². The Hall–Kier alpha value is -0.740. The first-order valence-corrected chi connectivity index (χ1v) is 8.14. The molecular weight excluding hydrogens is 313 g/mol. The van der Waals surface area contributed by atoms with Crippen molar-refractivity contribution in [1.82, 2.24) is 4.90 Å². The van der Waals surface area contributed by atoms with Gasteiger partial charge in [0, 0.05) is 30.0 Å². The second-order valence-electron chi connectivity index (χ2n) is 4.98. The molecule has 1 atom stereocenters. The Labute approximate surface area is 132 Å². The summed E-state index contributed by atoms with van der Waals surface area (Å²) in [6.07, 6.45) is 0.987. The lowest BCUT2D eigenvalue weighted by molar-refractivity contribution is 0.183. The molecule has 3 rings (SSSR count). The summed E-state index contributed by atoms with van der Waals surface area (Å²) in [5, 5.41) is 3.14. The Balaban J connectivity index is 1.89. The molecule has 0 N–H and O–H groups in total. The number of nitrogens with zero attached hydrogens (tertiary/aromatic N) is 1. The molecule has 1 aromatic heterocycles. The highest BCUT2D eigenvalue weighted by Crippen LogP contribution is 2.38. The van der Waals surface area contributed by atoms with Gasteiger partial charge >= 0.3 is 0 Å². The van der Waals surface area contributed by atoms with Gasteiger partial charge in [0.15, 0.2) is 0 Å². The van der Waals surface area contributed by atoms with Gasteiger partial charge in [-0.25, -0.2) is 0 Å². The van der Waals surface area contributed by atoms with Crippen LogP contribution in [0.1, 0.15) is 23.0 Å². The van der Waals surface area contributed by atoms with Crippen molar-refractivity contribution >= 4 is 34.5 Å². The Bertz CT molecular complexity index is 614. The minimum Gasteiger partial charge on any atom is -0.484 e. The molecule has 106 valence electrons. The van der Waals surface area contributed by atoms with E-state index in [-0.39, 0.29) is 6.10 Å². The van der Waals surface area contributed by atoms with Crippen LogP contribution in [0, 0.1) is 0 Å². The molecule has 0 spiro atoms. The van der Waals surface area contributed by atoms with Crippen LogP contribution in [0.25, 0.3) is 0 Å². The number of ether oxygens (including phenoxy) is 1. The minimum absolute atomic E-state index is 0.0390. The molecule has 1 aromatic carbocycles. The number of thiophene rings is 1. The third-order valence-electron chi connectivity index (χ3n) is 3.50. The maximum atomic E-state index is 6.22. The van der Waals surface area contributed by atoms with Gasteiger partial charge in [0.05, 0.1) is 5.02 Å². The average Bonchev–Trinajstić information content (AvgIpc) is 2.82. The molecule has 0 bridgehead atoms. The number of fused-ring (bicyclic) bond motifs is 1. The van der Waals surface area contributed by atoms with Crippen molar-refractivity contribution in [2.75, 3.05) is 13.6 Å². The molecule has 0 radical (unpaired) electrons. The molecule has 1 unspecified atom stereocenters. The van der Waals surface area contributed by atoms with E-state index in [2.05, 4.69) is 23.4 Å². The minimum atomic E-state index is 0.0390. The van der Waals surface area contributed by atoms with Gasteiger partial charge in [-0.1, -0.05) is 29.3 Å². The summed E-state index contributed by atoms with van der Waals surface area (Å²) < 4.78 is 6.14. The van der Waals surface area contributed by atoms with Crippen molar-refractivity contribution in [3.8, 4) is 5.75 Å². The van der Waals surface area contributed by atoms with Crippen LogP contribution < -0.4 is 4.74 Å². The lowest BCUT2D eigenvalue weighted by atomic mass is 10.1. The van der Waals surface area contributed by atoms with E-state index >= 15 is 0 Å². The van der Waals surface area contributed by atoms with Crippen molar-refractivity contribution in [2.45, 2.75) is 19.1 Å². The molecule has 0 aliphatic carbocycles. The molecule has 1 aliphatic rings. The summed E-state index contributed by atoms with van der Waals surface area (Å²) in [5.41, 5.74) is 1.27. The molecule has 5 heteroatoms.